The molecular formula is C19H18FNOS2. The van der Waals surface area contributed by atoms with Crippen molar-refractivity contribution in [3.63, 3.8) is 0 Å². The highest BCUT2D eigenvalue weighted by atomic mass is 32.2. The van der Waals surface area contributed by atoms with Crippen LogP contribution in [0.2, 0.25) is 0 Å². The zero-order valence-corrected chi connectivity index (χ0v) is 15.0. The first-order chi connectivity index (χ1) is 11.6. The van der Waals surface area contributed by atoms with Gasteiger partial charge in [0, 0.05) is 15.5 Å². The molecule has 0 saturated heterocycles. The number of thiophene rings is 1. The number of hydrogen-bond acceptors (Lipinski definition) is 3. The summed E-state index contributed by atoms with van der Waals surface area (Å²) in [6.07, 6.45) is 5.55. The molecule has 1 aliphatic heterocycles. The molecule has 1 aromatic heterocycles. The Morgan fingerprint density at radius 1 is 1.29 bits per heavy atom. The van der Waals surface area contributed by atoms with Crippen LogP contribution in [0, 0.1) is 11.7 Å². The molecule has 1 aliphatic carbocycles. The second-order valence-electron chi connectivity index (χ2n) is 6.43. The molecule has 1 N–H and O–H groups in total. The van der Waals surface area contributed by atoms with Crippen molar-refractivity contribution in [2.75, 3.05) is 5.32 Å². The zero-order chi connectivity index (χ0) is 16.7. The van der Waals surface area contributed by atoms with Gasteiger partial charge in [0.1, 0.15) is 5.82 Å². The van der Waals surface area contributed by atoms with Crippen molar-refractivity contribution < 1.29 is 9.18 Å². The monoisotopic (exact) mass is 359 g/mol. The first kappa shape index (κ1) is 15.9. The molecule has 2 aliphatic rings. The highest BCUT2D eigenvalue weighted by Gasteiger charge is 2.27. The van der Waals surface area contributed by atoms with E-state index in [1.165, 1.54) is 33.4 Å². The van der Waals surface area contributed by atoms with Crippen LogP contribution in [0.5, 0.6) is 0 Å². The quantitative estimate of drug-likeness (QED) is 0.794. The van der Waals surface area contributed by atoms with Gasteiger partial charge in [-0.25, -0.2) is 4.39 Å². The first-order valence-corrected chi connectivity index (χ1v) is 9.96. The number of fused-ring (bicyclic) bond motifs is 3. The summed E-state index contributed by atoms with van der Waals surface area (Å²) >= 11 is 3.38. The SMILES string of the molecule is C[C@@H]1CCc2c(sc3c2CSC(C(=O)Nc2ccccc2F)=C3)C1. The third-order valence-corrected chi connectivity index (χ3v) is 6.92. The Labute approximate surface area is 149 Å². The fraction of sp³-hybridized carbons (Fsp3) is 0.316. The van der Waals surface area contributed by atoms with Gasteiger partial charge in [0.25, 0.3) is 5.91 Å². The lowest BCUT2D eigenvalue weighted by atomic mass is 9.88. The Hall–Kier alpha value is -1.59. The molecule has 0 radical (unpaired) electrons. The van der Waals surface area contributed by atoms with E-state index in [0.717, 1.165) is 24.5 Å². The van der Waals surface area contributed by atoms with E-state index < -0.39 is 5.82 Å². The van der Waals surface area contributed by atoms with Crippen molar-refractivity contribution in [1.29, 1.82) is 0 Å². The third-order valence-electron chi connectivity index (χ3n) is 4.63. The number of benzene rings is 1. The Bertz CT molecular complexity index is 840. The summed E-state index contributed by atoms with van der Waals surface area (Å²) in [6, 6.07) is 6.26. The summed E-state index contributed by atoms with van der Waals surface area (Å²) in [5.41, 5.74) is 3.16. The second-order valence-corrected chi connectivity index (χ2v) is 8.58. The third kappa shape index (κ3) is 2.91. The van der Waals surface area contributed by atoms with E-state index in [2.05, 4.69) is 12.2 Å². The predicted molar refractivity (Wildman–Crippen MR) is 99.8 cm³/mol. The Morgan fingerprint density at radius 3 is 2.96 bits per heavy atom. The Balaban J connectivity index is 1.59. The summed E-state index contributed by atoms with van der Waals surface area (Å²) in [5.74, 6) is 0.952. The standard InChI is InChI=1S/C19H18FNOS2/c1-11-6-7-12-13-10-23-18(9-17(13)24-16(12)8-11)19(22)21-15-5-3-2-4-14(15)20/h2-5,9,11H,6-8,10H2,1H3,(H,21,22)/t11-/m1/s1. The molecule has 4 rings (SSSR count). The molecule has 0 fully saturated rings. The minimum absolute atomic E-state index is 0.226. The van der Waals surface area contributed by atoms with Crippen molar-refractivity contribution in [1.82, 2.24) is 0 Å². The number of para-hydroxylation sites is 1. The van der Waals surface area contributed by atoms with Crippen molar-refractivity contribution in [3.8, 4) is 0 Å². The molecule has 0 saturated carbocycles. The lowest BCUT2D eigenvalue weighted by Crippen LogP contribution is -2.15. The highest BCUT2D eigenvalue weighted by molar-refractivity contribution is 8.03. The molecule has 24 heavy (non-hydrogen) atoms. The topological polar surface area (TPSA) is 29.1 Å². The summed E-state index contributed by atoms with van der Waals surface area (Å²) in [5, 5.41) is 2.68. The lowest BCUT2D eigenvalue weighted by Gasteiger charge is -2.20. The summed E-state index contributed by atoms with van der Waals surface area (Å²) in [7, 11) is 0. The molecule has 124 valence electrons. The Morgan fingerprint density at radius 2 is 2.12 bits per heavy atom. The summed E-state index contributed by atoms with van der Waals surface area (Å²) < 4.78 is 13.7. The molecule has 0 unspecified atom stereocenters. The van der Waals surface area contributed by atoms with Gasteiger partial charge >= 0.3 is 0 Å². The molecule has 2 heterocycles. The first-order valence-electron chi connectivity index (χ1n) is 8.15. The zero-order valence-electron chi connectivity index (χ0n) is 13.4. The van der Waals surface area contributed by atoms with Gasteiger partial charge in [-0.05, 0) is 54.5 Å². The number of amides is 1. The number of carbonyl (C=O) groups is 1. The van der Waals surface area contributed by atoms with Gasteiger partial charge in [-0.15, -0.1) is 23.1 Å². The number of rotatable bonds is 2. The van der Waals surface area contributed by atoms with Gasteiger partial charge in [0.15, 0.2) is 0 Å². The van der Waals surface area contributed by atoms with E-state index in [4.69, 9.17) is 0 Å². The second kappa shape index (κ2) is 6.37. The lowest BCUT2D eigenvalue weighted by molar-refractivity contribution is -0.112. The largest absolute Gasteiger partial charge is 0.319 e. The molecule has 0 spiro atoms. The molecule has 2 nitrogen and oxygen atoms in total. The van der Waals surface area contributed by atoms with E-state index >= 15 is 0 Å². The average Bonchev–Trinajstić information content (AvgIpc) is 2.93. The maximum atomic E-state index is 13.7. The number of hydrogen-bond donors (Lipinski definition) is 1. The molecular weight excluding hydrogens is 341 g/mol. The van der Waals surface area contributed by atoms with Crippen LogP contribution in [0.3, 0.4) is 0 Å². The average molecular weight is 359 g/mol. The van der Waals surface area contributed by atoms with Crippen molar-refractivity contribution in [2.24, 2.45) is 5.92 Å². The van der Waals surface area contributed by atoms with E-state index in [0.29, 0.717) is 4.91 Å². The number of anilines is 1. The highest BCUT2D eigenvalue weighted by Crippen LogP contribution is 2.43. The number of nitrogens with one attached hydrogen (secondary N) is 1. The normalized spacial score (nSPS) is 19.2. The van der Waals surface area contributed by atoms with Gasteiger partial charge in [0.2, 0.25) is 0 Å². The number of thioether (sulfide) groups is 1. The molecule has 5 heteroatoms. The van der Waals surface area contributed by atoms with Crippen LogP contribution in [0.4, 0.5) is 10.1 Å². The maximum absolute atomic E-state index is 13.7. The summed E-state index contributed by atoms with van der Waals surface area (Å²) in [6.45, 7) is 2.31. The van der Waals surface area contributed by atoms with E-state index in [-0.39, 0.29) is 11.6 Å². The smallest absolute Gasteiger partial charge is 0.262 e. The fourth-order valence-corrected chi connectivity index (χ4v) is 5.96. The van der Waals surface area contributed by atoms with Crippen LogP contribution in [-0.4, -0.2) is 5.91 Å². The van der Waals surface area contributed by atoms with Crippen LogP contribution < -0.4 is 5.32 Å². The number of halogens is 1. The van der Waals surface area contributed by atoms with Gasteiger partial charge < -0.3 is 5.32 Å². The van der Waals surface area contributed by atoms with Crippen LogP contribution >= 0.6 is 23.1 Å². The van der Waals surface area contributed by atoms with Crippen LogP contribution in [0.15, 0.2) is 29.2 Å². The Kier molecular flexibility index (Phi) is 4.22. The molecule has 1 atom stereocenters. The molecule has 1 aromatic carbocycles. The fourth-order valence-electron chi connectivity index (χ4n) is 3.30. The van der Waals surface area contributed by atoms with Crippen LogP contribution in [0.1, 0.15) is 34.2 Å². The number of carbonyl (C=O) groups excluding carboxylic acids is 1. The maximum Gasteiger partial charge on any atom is 0.262 e. The molecule has 2 aromatic rings. The van der Waals surface area contributed by atoms with E-state index in [9.17, 15) is 9.18 Å². The van der Waals surface area contributed by atoms with E-state index in [1.54, 1.807) is 30.0 Å². The predicted octanol–water partition coefficient (Wildman–Crippen LogP) is 5.24. The van der Waals surface area contributed by atoms with Crippen molar-refractivity contribution in [2.45, 2.75) is 31.9 Å². The van der Waals surface area contributed by atoms with Gasteiger partial charge in [-0.2, -0.15) is 0 Å². The minimum atomic E-state index is -0.409. The van der Waals surface area contributed by atoms with Gasteiger partial charge in [-0.1, -0.05) is 19.1 Å². The van der Waals surface area contributed by atoms with E-state index in [1.807, 2.05) is 17.4 Å². The van der Waals surface area contributed by atoms with Gasteiger partial charge in [0.05, 0.1) is 10.6 Å². The van der Waals surface area contributed by atoms with Crippen molar-refractivity contribution >= 4 is 40.8 Å². The summed E-state index contributed by atoms with van der Waals surface area (Å²) in [4.78, 5) is 15.8. The van der Waals surface area contributed by atoms with Crippen LogP contribution in [-0.2, 0) is 23.4 Å². The molecule has 1 amide bonds. The van der Waals surface area contributed by atoms with Crippen LogP contribution in [0.25, 0.3) is 6.08 Å². The molecule has 0 bridgehead atoms. The van der Waals surface area contributed by atoms with Crippen molar-refractivity contribution in [3.05, 3.63) is 55.9 Å². The van der Waals surface area contributed by atoms with Gasteiger partial charge in [-0.3, -0.25) is 4.79 Å². The minimum Gasteiger partial charge on any atom is -0.319 e.